The number of ketones is 1. The van der Waals surface area contributed by atoms with Crippen molar-refractivity contribution in [1.29, 1.82) is 0 Å². The number of amides is 1. The Bertz CT molecular complexity index is 1590. The van der Waals surface area contributed by atoms with Gasteiger partial charge >= 0.3 is 11.9 Å². The predicted molar refractivity (Wildman–Crippen MR) is 161 cm³/mol. The second-order valence-corrected chi connectivity index (χ2v) is 10.9. The van der Waals surface area contributed by atoms with E-state index in [4.69, 9.17) is 18.9 Å². The van der Waals surface area contributed by atoms with Crippen molar-refractivity contribution in [2.75, 3.05) is 31.3 Å². The third-order valence-corrected chi connectivity index (χ3v) is 8.10. The Morgan fingerprint density at radius 1 is 1.16 bits per heavy atom. The van der Waals surface area contributed by atoms with E-state index in [1.807, 2.05) is 0 Å². The maximum Gasteiger partial charge on any atom is 0.350 e. The number of ether oxygens (including phenoxy) is 4. The molecule has 3 aromatic rings. The lowest BCUT2D eigenvalue weighted by Gasteiger charge is -2.24. The van der Waals surface area contributed by atoms with Gasteiger partial charge in [-0.1, -0.05) is 55.9 Å². The summed E-state index contributed by atoms with van der Waals surface area (Å²) in [7, 11) is 0. The van der Waals surface area contributed by atoms with Crippen LogP contribution >= 0.6 is 11.3 Å². The fraction of sp³-hybridized carbons (Fsp3) is 0.312. The van der Waals surface area contributed by atoms with E-state index in [1.54, 1.807) is 49.4 Å². The Kier molecular flexibility index (Phi) is 9.10. The number of unbranched alkanes of at least 4 members (excludes halogenated alkanes) is 2. The molecule has 2 aliphatic rings. The molecule has 3 heterocycles. The molecule has 43 heavy (non-hydrogen) atoms. The highest BCUT2D eigenvalue weighted by molar-refractivity contribution is 7.17. The summed E-state index contributed by atoms with van der Waals surface area (Å²) in [5.74, 6) is -1.29. The minimum atomic E-state index is -1.06. The van der Waals surface area contributed by atoms with E-state index in [9.17, 15) is 19.5 Å². The quantitative estimate of drug-likeness (QED) is 0.0726. The molecule has 0 bridgehead atoms. The summed E-state index contributed by atoms with van der Waals surface area (Å²) in [5.41, 5.74) is 1.01. The molecular formula is C32H32N2O8S. The van der Waals surface area contributed by atoms with Crippen molar-refractivity contribution in [2.24, 2.45) is 0 Å². The molecule has 0 unspecified atom stereocenters. The second-order valence-electron chi connectivity index (χ2n) is 9.95. The Labute approximate surface area is 253 Å². The van der Waals surface area contributed by atoms with E-state index in [2.05, 4.69) is 18.5 Å². The van der Waals surface area contributed by atoms with Crippen molar-refractivity contribution in [3.63, 3.8) is 0 Å². The molecule has 1 N–H and O–H groups in total. The average Bonchev–Trinajstić information content (AvgIpc) is 3.53. The third-order valence-electron chi connectivity index (χ3n) is 6.96. The number of aromatic nitrogens is 1. The van der Waals surface area contributed by atoms with Gasteiger partial charge in [-0.15, -0.1) is 0 Å². The largest absolute Gasteiger partial charge is 0.507 e. The molecule has 2 aliphatic heterocycles. The Hall–Kier alpha value is -4.64. The lowest BCUT2D eigenvalue weighted by atomic mass is 9.95. The number of rotatable bonds is 11. The fourth-order valence-electron chi connectivity index (χ4n) is 4.88. The van der Waals surface area contributed by atoms with Gasteiger partial charge in [-0.3, -0.25) is 14.5 Å². The molecule has 0 radical (unpaired) electrons. The van der Waals surface area contributed by atoms with Crippen molar-refractivity contribution in [2.45, 2.75) is 39.2 Å². The number of hydrogen-bond acceptors (Lipinski definition) is 10. The van der Waals surface area contributed by atoms with Crippen molar-refractivity contribution in [3.05, 3.63) is 82.4 Å². The minimum Gasteiger partial charge on any atom is -0.507 e. The first-order chi connectivity index (χ1) is 20.8. The minimum absolute atomic E-state index is 0.0105. The van der Waals surface area contributed by atoms with Gasteiger partial charge in [0.2, 0.25) is 0 Å². The van der Waals surface area contributed by atoms with Gasteiger partial charge in [0.05, 0.1) is 23.9 Å². The number of Topliss-reactive ketones (excluding diaryl/α,β-unsaturated/α-hetero) is 1. The van der Waals surface area contributed by atoms with E-state index in [-0.39, 0.29) is 33.5 Å². The third kappa shape index (κ3) is 6.12. The van der Waals surface area contributed by atoms with Crippen LogP contribution in [0.4, 0.5) is 5.13 Å². The van der Waals surface area contributed by atoms with Gasteiger partial charge in [0.1, 0.15) is 36.2 Å². The topological polar surface area (TPSA) is 124 Å². The molecule has 1 fully saturated rings. The molecule has 1 saturated heterocycles. The van der Waals surface area contributed by atoms with Gasteiger partial charge in [-0.2, -0.15) is 0 Å². The molecule has 1 amide bonds. The zero-order valence-corrected chi connectivity index (χ0v) is 24.8. The molecule has 1 atom stereocenters. The fourth-order valence-corrected chi connectivity index (χ4v) is 5.87. The van der Waals surface area contributed by atoms with E-state index in [1.165, 1.54) is 11.0 Å². The van der Waals surface area contributed by atoms with Crippen molar-refractivity contribution in [3.8, 4) is 17.2 Å². The molecule has 0 spiro atoms. The number of aliphatic hydroxyl groups excluding tert-OH is 1. The van der Waals surface area contributed by atoms with Gasteiger partial charge < -0.3 is 24.1 Å². The number of esters is 1. The van der Waals surface area contributed by atoms with Crippen LogP contribution in [0.5, 0.6) is 17.2 Å². The highest BCUT2D eigenvalue weighted by Crippen LogP contribution is 2.45. The molecule has 224 valence electrons. The molecular weight excluding hydrogens is 572 g/mol. The number of benzene rings is 2. The predicted octanol–water partition coefficient (Wildman–Crippen LogP) is 5.76. The Morgan fingerprint density at radius 2 is 1.95 bits per heavy atom. The number of aryl methyl sites for hydroxylation is 1. The lowest BCUT2D eigenvalue weighted by molar-refractivity contribution is -0.132. The smallest absolute Gasteiger partial charge is 0.350 e. The highest BCUT2D eigenvalue weighted by atomic mass is 32.1. The Morgan fingerprint density at radius 3 is 2.72 bits per heavy atom. The SMILES string of the molecule is C=CCOC(=O)c1sc(N2C(=O)C(=O)/C(=C(/O)c3ccc4c(c3)OCCO4)[C@H]2c2cccc(OCCCCC)c2)nc1C. The number of carbonyl (C=O) groups excluding carboxylic acids is 3. The van der Waals surface area contributed by atoms with Gasteiger partial charge in [0.15, 0.2) is 16.6 Å². The second kappa shape index (κ2) is 13.1. The normalized spacial score (nSPS) is 17.2. The van der Waals surface area contributed by atoms with E-state index < -0.39 is 23.7 Å². The number of hydrogen-bond donors (Lipinski definition) is 1. The summed E-state index contributed by atoms with van der Waals surface area (Å²) in [6.45, 7) is 8.54. The number of fused-ring (bicyclic) bond motifs is 1. The number of carbonyl (C=O) groups is 3. The standard InChI is InChI=1S/C32H32N2O8S/c1-4-6-7-14-39-22-10-8-9-20(17-22)26-25(27(35)21-11-12-23-24(18-21)41-16-15-40-23)28(36)30(37)34(26)32-33-19(3)29(43-32)31(38)42-13-5-2/h5,8-12,17-18,26,35H,2,4,6-7,13-16H2,1,3H3/b27-25+/t26-/m1/s1. The molecule has 0 saturated carbocycles. The van der Waals surface area contributed by atoms with E-state index >= 15 is 0 Å². The average molecular weight is 605 g/mol. The van der Waals surface area contributed by atoms with Crippen molar-refractivity contribution >= 4 is 39.9 Å². The van der Waals surface area contributed by atoms with Gasteiger partial charge in [0.25, 0.3) is 5.78 Å². The summed E-state index contributed by atoms with van der Waals surface area (Å²) < 4.78 is 22.4. The molecule has 10 nitrogen and oxygen atoms in total. The van der Waals surface area contributed by atoms with Crippen LogP contribution in [0.2, 0.25) is 0 Å². The van der Waals surface area contributed by atoms with E-state index in [0.717, 1.165) is 30.6 Å². The maximum absolute atomic E-state index is 13.7. The number of anilines is 1. The van der Waals surface area contributed by atoms with Crippen LogP contribution in [-0.4, -0.2) is 54.2 Å². The summed E-state index contributed by atoms with van der Waals surface area (Å²) >= 11 is 0.932. The summed E-state index contributed by atoms with van der Waals surface area (Å²) in [4.78, 5) is 45.8. The van der Waals surface area contributed by atoms with Gasteiger partial charge in [0, 0.05) is 5.56 Å². The Balaban J connectivity index is 1.61. The molecule has 2 aromatic carbocycles. The van der Waals surface area contributed by atoms with Crippen molar-refractivity contribution < 1.29 is 38.4 Å². The lowest BCUT2D eigenvalue weighted by Crippen LogP contribution is -2.29. The van der Waals surface area contributed by atoms with Gasteiger partial charge in [-0.05, 0) is 49.2 Å². The highest BCUT2D eigenvalue weighted by Gasteiger charge is 2.48. The van der Waals surface area contributed by atoms with Crippen LogP contribution < -0.4 is 19.1 Å². The summed E-state index contributed by atoms with van der Waals surface area (Å²) in [6, 6.07) is 10.8. The molecule has 1 aromatic heterocycles. The van der Waals surface area contributed by atoms with E-state index in [0.29, 0.717) is 48.3 Å². The zero-order valence-electron chi connectivity index (χ0n) is 24.0. The number of thiazole rings is 1. The van der Waals surface area contributed by atoms with Crippen LogP contribution in [0, 0.1) is 6.92 Å². The summed E-state index contributed by atoms with van der Waals surface area (Å²) in [5, 5.41) is 11.7. The van der Waals surface area contributed by atoms with Crippen LogP contribution in [0.3, 0.4) is 0 Å². The zero-order chi connectivity index (χ0) is 30.5. The number of aliphatic hydroxyl groups is 1. The number of nitrogens with zero attached hydrogens (tertiary/aromatic N) is 2. The molecule has 11 heteroatoms. The van der Waals surface area contributed by atoms with Crippen LogP contribution in [0.15, 0.2) is 60.7 Å². The van der Waals surface area contributed by atoms with Crippen LogP contribution in [-0.2, 0) is 14.3 Å². The first-order valence-electron chi connectivity index (χ1n) is 14.0. The monoisotopic (exact) mass is 604 g/mol. The molecule has 0 aliphatic carbocycles. The van der Waals surface area contributed by atoms with Crippen molar-refractivity contribution in [1.82, 2.24) is 4.98 Å². The van der Waals surface area contributed by atoms with Crippen LogP contribution in [0.25, 0.3) is 5.76 Å². The maximum atomic E-state index is 13.7. The first-order valence-corrected chi connectivity index (χ1v) is 14.8. The molecule has 5 rings (SSSR count). The first kappa shape index (κ1) is 29.8. The van der Waals surface area contributed by atoms with Crippen LogP contribution in [0.1, 0.15) is 58.7 Å². The summed E-state index contributed by atoms with van der Waals surface area (Å²) in [6.07, 6.45) is 4.40. The van der Waals surface area contributed by atoms with Gasteiger partial charge in [-0.25, -0.2) is 9.78 Å².